The van der Waals surface area contributed by atoms with Crippen molar-refractivity contribution in [3.63, 3.8) is 0 Å². The van der Waals surface area contributed by atoms with Crippen LogP contribution in [0.25, 0.3) is 0 Å². The van der Waals surface area contributed by atoms with Crippen LogP contribution in [0.5, 0.6) is 0 Å². The van der Waals surface area contributed by atoms with Crippen molar-refractivity contribution in [2.45, 2.75) is 32.6 Å². The lowest BCUT2D eigenvalue weighted by molar-refractivity contribution is -0.139. The van der Waals surface area contributed by atoms with Gasteiger partial charge in [-0.3, -0.25) is 9.48 Å². The lowest BCUT2D eigenvalue weighted by atomic mass is 10.3. The Morgan fingerprint density at radius 1 is 1.53 bits per heavy atom. The Balaban J connectivity index is 2.23. The SMILES string of the molecule is Cc1cnn(CCN[C@@H](C)C(=O)NCC(F)(F)F)c1. The number of carbonyl (C=O) groups excluding carboxylic acids is 1. The van der Waals surface area contributed by atoms with E-state index in [1.807, 2.05) is 18.4 Å². The Morgan fingerprint density at radius 3 is 2.74 bits per heavy atom. The van der Waals surface area contributed by atoms with E-state index in [4.69, 9.17) is 0 Å². The molecule has 1 atom stereocenters. The molecule has 0 radical (unpaired) electrons. The third-order valence-electron chi connectivity index (χ3n) is 2.41. The number of hydrogen-bond acceptors (Lipinski definition) is 3. The minimum atomic E-state index is -4.39. The second kappa shape index (κ2) is 6.55. The maximum atomic E-state index is 11.9. The first-order valence-electron chi connectivity index (χ1n) is 5.85. The van der Waals surface area contributed by atoms with Crippen molar-refractivity contribution < 1.29 is 18.0 Å². The third kappa shape index (κ3) is 6.23. The van der Waals surface area contributed by atoms with Gasteiger partial charge in [0.2, 0.25) is 5.91 Å². The highest BCUT2D eigenvalue weighted by Crippen LogP contribution is 2.12. The number of hydrogen-bond donors (Lipinski definition) is 2. The molecular weight excluding hydrogens is 261 g/mol. The van der Waals surface area contributed by atoms with Gasteiger partial charge in [0.05, 0.1) is 18.8 Å². The first kappa shape index (κ1) is 15.5. The Morgan fingerprint density at radius 2 is 2.21 bits per heavy atom. The van der Waals surface area contributed by atoms with Crippen molar-refractivity contribution in [2.75, 3.05) is 13.1 Å². The molecule has 1 rings (SSSR count). The molecule has 108 valence electrons. The molecule has 2 N–H and O–H groups in total. The number of nitrogens with one attached hydrogen (secondary N) is 2. The standard InChI is InChI=1S/C11H17F3N4O/c1-8-5-17-18(6-8)4-3-15-9(2)10(19)16-7-11(12,13)14/h5-6,9,15H,3-4,7H2,1-2H3,(H,16,19)/t9-/m0/s1. The molecule has 0 aliphatic carbocycles. The third-order valence-corrected chi connectivity index (χ3v) is 2.41. The van der Waals surface area contributed by atoms with Crippen LogP contribution in [0.1, 0.15) is 12.5 Å². The molecule has 1 aromatic heterocycles. The zero-order chi connectivity index (χ0) is 14.5. The largest absolute Gasteiger partial charge is 0.405 e. The lowest BCUT2D eigenvalue weighted by Gasteiger charge is -2.15. The summed E-state index contributed by atoms with van der Waals surface area (Å²) in [6.07, 6.45) is -0.836. The Labute approximate surface area is 109 Å². The smallest absolute Gasteiger partial charge is 0.346 e. The molecule has 19 heavy (non-hydrogen) atoms. The number of amides is 1. The maximum absolute atomic E-state index is 11.9. The van der Waals surface area contributed by atoms with Gasteiger partial charge in [-0.2, -0.15) is 18.3 Å². The van der Waals surface area contributed by atoms with Gasteiger partial charge in [-0.15, -0.1) is 0 Å². The molecule has 0 aromatic carbocycles. The summed E-state index contributed by atoms with van der Waals surface area (Å²) in [5.74, 6) is -0.672. The van der Waals surface area contributed by atoms with E-state index in [0.29, 0.717) is 13.1 Å². The van der Waals surface area contributed by atoms with Crippen LogP contribution in [0.2, 0.25) is 0 Å². The summed E-state index contributed by atoms with van der Waals surface area (Å²) < 4.78 is 37.4. The monoisotopic (exact) mass is 278 g/mol. The van der Waals surface area contributed by atoms with E-state index in [0.717, 1.165) is 5.56 Å². The van der Waals surface area contributed by atoms with Crippen molar-refractivity contribution in [1.29, 1.82) is 0 Å². The predicted molar refractivity (Wildman–Crippen MR) is 63.5 cm³/mol. The fraction of sp³-hybridized carbons (Fsp3) is 0.636. The minimum Gasteiger partial charge on any atom is -0.346 e. The number of aryl methyl sites for hydroxylation is 1. The van der Waals surface area contributed by atoms with Crippen molar-refractivity contribution in [3.8, 4) is 0 Å². The second-order valence-electron chi connectivity index (χ2n) is 4.29. The zero-order valence-electron chi connectivity index (χ0n) is 10.8. The number of rotatable bonds is 6. The molecule has 0 unspecified atom stereocenters. The highest BCUT2D eigenvalue weighted by atomic mass is 19.4. The van der Waals surface area contributed by atoms with E-state index >= 15 is 0 Å². The number of alkyl halides is 3. The lowest BCUT2D eigenvalue weighted by Crippen LogP contribution is -2.45. The van der Waals surface area contributed by atoms with Crippen LogP contribution in [0.3, 0.4) is 0 Å². The highest BCUT2D eigenvalue weighted by molar-refractivity contribution is 5.81. The molecule has 5 nitrogen and oxygen atoms in total. The normalized spacial score (nSPS) is 13.3. The van der Waals surface area contributed by atoms with Gasteiger partial charge in [-0.1, -0.05) is 0 Å². The molecule has 0 aliphatic rings. The number of nitrogens with zero attached hydrogens (tertiary/aromatic N) is 2. The first-order chi connectivity index (χ1) is 8.78. The summed E-state index contributed by atoms with van der Waals surface area (Å²) in [6.45, 7) is 3.10. The molecule has 0 spiro atoms. The molecule has 0 saturated heterocycles. The van der Waals surface area contributed by atoms with Gasteiger partial charge in [-0.05, 0) is 19.4 Å². The summed E-state index contributed by atoms with van der Waals surface area (Å²) in [7, 11) is 0. The summed E-state index contributed by atoms with van der Waals surface area (Å²) in [5.41, 5.74) is 1.02. The van der Waals surface area contributed by atoms with Gasteiger partial charge in [0.1, 0.15) is 6.54 Å². The molecule has 1 heterocycles. The van der Waals surface area contributed by atoms with E-state index in [2.05, 4.69) is 10.4 Å². The Bertz CT molecular complexity index is 416. The quantitative estimate of drug-likeness (QED) is 0.811. The zero-order valence-corrected chi connectivity index (χ0v) is 10.8. The number of aromatic nitrogens is 2. The molecule has 0 saturated carbocycles. The molecule has 0 bridgehead atoms. The number of carbonyl (C=O) groups is 1. The van der Waals surface area contributed by atoms with Crippen LogP contribution in [0.15, 0.2) is 12.4 Å². The van der Waals surface area contributed by atoms with Crippen molar-refractivity contribution in [1.82, 2.24) is 20.4 Å². The predicted octanol–water partition coefficient (Wildman–Crippen LogP) is 0.848. The number of halogens is 3. The summed E-state index contributed by atoms with van der Waals surface area (Å²) in [5, 5.41) is 8.72. The fourth-order valence-corrected chi connectivity index (χ4v) is 1.42. The molecule has 0 aliphatic heterocycles. The molecule has 0 fully saturated rings. The fourth-order valence-electron chi connectivity index (χ4n) is 1.42. The van der Waals surface area contributed by atoms with Gasteiger partial charge in [-0.25, -0.2) is 0 Å². The Kier molecular flexibility index (Phi) is 5.34. The van der Waals surface area contributed by atoms with E-state index in [1.54, 1.807) is 10.9 Å². The topological polar surface area (TPSA) is 59.0 Å². The van der Waals surface area contributed by atoms with Crippen molar-refractivity contribution in [2.24, 2.45) is 0 Å². The first-order valence-corrected chi connectivity index (χ1v) is 5.85. The van der Waals surface area contributed by atoms with Gasteiger partial charge in [0, 0.05) is 12.7 Å². The maximum Gasteiger partial charge on any atom is 0.405 e. The average Bonchev–Trinajstić information content (AvgIpc) is 2.71. The van der Waals surface area contributed by atoms with Crippen LogP contribution in [-0.2, 0) is 11.3 Å². The van der Waals surface area contributed by atoms with Crippen LogP contribution in [-0.4, -0.2) is 41.0 Å². The van der Waals surface area contributed by atoms with E-state index < -0.39 is 24.7 Å². The van der Waals surface area contributed by atoms with Gasteiger partial charge < -0.3 is 10.6 Å². The van der Waals surface area contributed by atoms with Crippen LogP contribution in [0.4, 0.5) is 13.2 Å². The van der Waals surface area contributed by atoms with Gasteiger partial charge in [0.25, 0.3) is 0 Å². The van der Waals surface area contributed by atoms with Crippen LogP contribution >= 0.6 is 0 Å². The summed E-state index contributed by atoms with van der Waals surface area (Å²) in [4.78, 5) is 11.3. The minimum absolute atomic E-state index is 0.446. The molecular formula is C11H17F3N4O. The van der Waals surface area contributed by atoms with E-state index in [9.17, 15) is 18.0 Å². The molecule has 8 heteroatoms. The van der Waals surface area contributed by atoms with Crippen LogP contribution in [0, 0.1) is 6.92 Å². The molecule has 1 aromatic rings. The van der Waals surface area contributed by atoms with Gasteiger partial charge in [0.15, 0.2) is 0 Å². The second-order valence-corrected chi connectivity index (χ2v) is 4.29. The van der Waals surface area contributed by atoms with Crippen LogP contribution < -0.4 is 10.6 Å². The summed E-state index contributed by atoms with van der Waals surface area (Å²) >= 11 is 0. The highest BCUT2D eigenvalue weighted by Gasteiger charge is 2.28. The van der Waals surface area contributed by atoms with Gasteiger partial charge >= 0.3 is 6.18 Å². The average molecular weight is 278 g/mol. The van der Waals surface area contributed by atoms with Crippen molar-refractivity contribution in [3.05, 3.63) is 18.0 Å². The summed E-state index contributed by atoms with van der Waals surface area (Å²) in [6, 6.07) is -0.681. The Hall–Kier alpha value is -1.57. The van der Waals surface area contributed by atoms with E-state index in [-0.39, 0.29) is 0 Å². The van der Waals surface area contributed by atoms with E-state index in [1.165, 1.54) is 6.92 Å². The van der Waals surface area contributed by atoms with Crippen molar-refractivity contribution >= 4 is 5.91 Å². The molecule has 1 amide bonds.